The zero-order valence-corrected chi connectivity index (χ0v) is 14.2. The quantitative estimate of drug-likeness (QED) is 0.813. The molecule has 0 aliphatic heterocycles. The normalized spacial score (nSPS) is 11.5. The molecule has 0 bridgehead atoms. The molecule has 0 saturated carbocycles. The number of carbonyl (C=O) groups is 2. The van der Waals surface area contributed by atoms with Gasteiger partial charge in [0.05, 0.1) is 18.7 Å². The van der Waals surface area contributed by atoms with Crippen molar-refractivity contribution < 1.29 is 19.1 Å². The van der Waals surface area contributed by atoms with Gasteiger partial charge in [0.15, 0.2) is 6.61 Å². The standard InChI is InChI=1S/C18H18ClNO4/c1-12(13-3-7-15(19)8-4-13)20-17(21)11-24-16-9-5-14(6-10-16)18(22)23-2/h3-10,12H,11H2,1-2H3,(H,20,21)/t12-/m1/s1. The number of methoxy groups -OCH3 is 1. The fourth-order valence-corrected chi connectivity index (χ4v) is 2.20. The molecular weight excluding hydrogens is 330 g/mol. The number of carbonyl (C=O) groups excluding carboxylic acids is 2. The molecule has 0 unspecified atom stereocenters. The van der Waals surface area contributed by atoms with Gasteiger partial charge in [-0.05, 0) is 48.9 Å². The van der Waals surface area contributed by atoms with E-state index in [-0.39, 0.29) is 18.6 Å². The summed E-state index contributed by atoms with van der Waals surface area (Å²) >= 11 is 5.84. The number of nitrogens with one attached hydrogen (secondary N) is 1. The molecular formula is C18H18ClNO4. The van der Waals surface area contributed by atoms with Gasteiger partial charge in [0.25, 0.3) is 5.91 Å². The molecule has 24 heavy (non-hydrogen) atoms. The molecule has 2 aromatic carbocycles. The molecule has 0 radical (unpaired) electrons. The molecule has 5 nitrogen and oxygen atoms in total. The van der Waals surface area contributed by atoms with Gasteiger partial charge in [-0.1, -0.05) is 23.7 Å². The fourth-order valence-electron chi connectivity index (χ4n) is 2.07. The lowest BCUT2D eigenvalue weighted by atomic mass is 10.1. The van der Waals surface area contributed by atoms with E-state index in [1.165, 1.54) is 7.11 Å². The van der Waals surface area contributed by atoms with Crippen LogP contribution >= 0.6 is 11.6 Å². The molecule has 1 atom stereocenters. The van der Waals surface area contributed by atoms with Gasteiger partial charge >= 0.3 is 5.97 Å². The van der Waals surface area contributed by atoms with Crippen LogP contribution in [0.3, 0.4) is 0 Å². The molecule has 126 valence electrons. The van der Waals surface area contributed by atoms with Gasteiger partial charge in [-0.15, -0.1) is 0 Å². The number of esters is 1. The number of halogens is 1. The van der Waals surface area contributed by atoms with E-state index in [0.717, 1.165) is 5.56 Å². The van der Waals surface area contributed by atoms with Gasteiger partial charge in [-0.2, -0.15) is 0 Å². The van der Waals surface area contributed by atoms with E-state index in [4.69, 9.17) is 16.3 Å². The van der Waals surface area contributed by atoms with Crippen LogP contribution in [0.2, 0.25) is 5.02 Å². The van der Waals surface area contributed by atoms with Crippen LogP contribution in [0.5, 0.6) is 5.75 Å². The van der Waals surface area contributed by atoms with Crippen LogP contribution in [0.25, 0.3) is 0 Å². The molecule has 1 amide bonds. The van der Waals surface area contributed by atoms with Crippen molar-refractivity contribution in [3.05, 3.63) is 64.7 Å². The van der Waals surface area contributed by atoms with Crippen LogP contribution in [-0.2, 0) is 9.53 Å². The highest BCUT2D eigenvalue weighted by atomic mass is 35.5. The van der Waals surface area contributed by atoms with Crippen molar-refractivity contribution in [2.45, 2.75) is 13.0 Å². The molecule has 2 rings (SSSR count). The van der Waals surface area contributed by atoms with E-state index in [0.29, 0.717) is 16.3 Å². The summed E-state index contributed by atoms with van der Waals surface area (Å²) in [7, 11) is 1.32. The van der Waals surface area contributed by atoms with Gasteiger partial charge < -0.3 is 14.8 Å². The maximum atomic E-state index is 12.0. The maximum Gasteiger partial charge on any atom is 0.337 e. The van der Waals surface area contributed by atoms with Gasteiger partial charge in [0, 0.05) is 5.02 Å². The van der Waals surface area contributed by atoms with Gasteiger partial charge in [-0.25, -0.2) is 4.79 Å². The number of amides is 1. The third kappa shape index (κ3) is 4.99. The first kappa shape index (κ1) is 17.8. The van der Waals surface area contributed by atoms with Crippen molar-refractivity contribution in [3.8, 4) is 5.75 Å². The summed E-state index contributed by atoms with van der Waals surface area (Å²) < 4.78 is 10.0. The smallest absolute Gasteiger partial charge is 0.337 e. The summed E-state index contributed by atoms with van der Waals surface area (Å²) in [6.07, 6.45) is 0. The van der Waals surface area contributed by atoms with Crippen LogP contribution in [-0.4, -0.2) is 25.6 Å². The number of rotatable bonds is 6. The number of hydrogen-bond donors (Lipinski definition) is 1. The molecule has 0 fully saturated rings. The van der Waals surface area contributed by atoms with E-state index < -0.39 is 5.97 Å². The molecule has 0 saturated heterocycles. The second-order valence-corrected chi connectivity index (χ2v) is 5.58. The molecule has 0 heterocycles. The Balaban J connectivity index is 1.84. The summed E-state index contributed by atoms with van der Waals surface area (Å²) in [4.78, 5) is 23.3. The molecule has 0 aromatic heterocycles. The SMILES string of the molecule is COC(=O)c1ccc(OCC(=O)N[C@H](C)c2ccc(Cl)cc2)cc1. The average Bonchev–Trinajstić information content (AvgIpc) is 2.60. The Hall–Kier alpha value is -2.53. The highest BCUT2D eigenvalue weighted by Gasteiger charge is 2.10. The molecule has 0 spiro atoms. The Labute approximate surface area is 145 Å². The Morgan fingerprint density at radius 3 is 2.29 bits per heavy atom. The topological polar surface area (TPSA) is 64.6 Å². The third-order valence-electron chi connectivity index (χ3n) is 3.39. The zero-order valence-electron chi connectivity index (χ0n) is 13.4. The van der Waals surface area contributed by atoms with Gasteiger partial charge in [-0.3, -0.25) is 4.79 Å². The molecule has 0 aliphatic carbocycles. The van der Waals surface area contributed by atoms with Crippen molar-refractivity contribution in [1.82, 2.24) is 5.32 Å². The van der Waals surface area contributed by atoms with E-state index in [1.54, 1.807) is 36.4 Å². The van der Waals surface area contributed by atoms with Gasteiger partial charge in [0.2, 0.25) is 0 Å². The Bertz CT molecular complexity index is 698. The Morgan fingerprint density at radius 1 is 1.08 bits per heavy atom. The first-order valence-corrected chi connectivity index (χ1v) is 7.73. The van der Waals surface area contributed by atoms with Crippen LogP contribution in [0.15, 0.2) is 48.5 Å². The summed E-state index contributed by atoms with van der Waals surface area (Å²) in [5, 5.41) is 3.49. The Kier molecular flexibility index (Phi) is 6.21. The minimum absolute atomic E-state index is 0.116. The zero-order chi connectivity index (χ0) is 17.5. The highest BCUT2D eigenvalue weighted by molar-refractivity contribution is 6.30. The molecule has 6 heteroatoms. The van der Waals surface area contributed by atoms with Crippen molar-refractivity contribution in [2.75, 3.05) is 13.7 Å². The highest BCUT2D eigenvalue weighted by Crippen LogP contribution is 2.16. The molecule has 0 aliphatic rings. The van der Waals surface area contributed by atoms with Crippen LogP contribution in [0.1, 0.15) is 28.9 Å². The summed E-state index contributed by atoms with van der Waals surface area (Å²) in [5.41, 5.74) is 1.38. The second-order valence-electron chi connectivity index (χ2n) is 5.15. The van der Waals surface area contributed by atoms with Crippen molar-refractivity contribution in [1.29, 1.82) is 0 Å². The largest absolute Gasteiger partial charge is 0.484 e. The first-order valence-electron chi connectivity index (χ1n) is 7.35. The average molecular weight is 348 g/mol. The summed E-state index contributed by atoms with van der Waals surface area (Å²) in [6, 6.07) is 13.5. The summed E-state index contributed by atoms with van der Waals surface area (Å²) in [6.45, 7) is 1.77. The first-order chi connectivity index (χ1) is 11.5. The van der Waals surface area contributed by atoms with E-state index in [2.05, 4.69) is 10.1 Å². The monoisotopic (exact) mass is 347 g/mol. The van der Waals surface area contributed by atoms with Crippen molar-refractivity contribution in [2.24, 2.45) is 0 Å². The Morgan fingerprint density at radius 2 is 1.71 bits per heavy atom. The van der Waals surface area contributed by atoms with E-state index in [1.807, 2.05) is 19.1 Å². The minimum atomic E-state index is -0.420. The lowest BCUT2D eigenvalue weighted by Crippen LogP contribution is -2.31. The number of ether oxygens (including phenoxy) is 2. The minimum Gasteiger partial charge on any atom is -0.484 e. The van der Waals surface area contributed by atoms with Gasteiger partial charge in [0.1, 0.15) is 5.75 Å². The van der Waals surface area contributed by atoms with Crippen molar-refractivity contribution >= 4 is 23.5 Å². The molecule has 1 N–H and O–H groups in total. The summed E-state index contributed by atoms with van der Waals surface area (Å²) in [5.74, 6) is -0.164. The maximum absolute atomic E-state index is 12.0. The van der Waals surface area contributed by atoms with Crippen LogP contribution in [0, 0.1) is 0 Å². The fraction of sp³-hybridized carbons (Fsp3) is 0.222. The number of hydrogen-bond acceptors (Lipinski definition) is 4. The number of benzene rings is 2. The lowest BCUT2D eigenvalue weighted by molar-refractivity contribution is -0.123. The predicted octanol–water partition coefficient (Wildman–Crippen LogP) is 3.38. The second kappa shape index (κ2) is 8.36. The molecule has 2 aromatic rings. The van der Waals surface area contributed by atoms with Crippen molar-refractivity contribution in [3.63, 3.8) is 0 Å². The lowest BCUT2D eigenvalue weighted by Gasteiger charge is -2.15. The van der Waals surface area contributed by atoms with E-state index in [9.17, 15) is 9.59 Å². The van der Waals surface area contributed by atoms with Crippen LogP contribution in [0.4, 0.5) is 0 Å². The third-order valence-corrected chi connectivity index (χ3v) is 3.64. The van der Waals surface area contributed by atoms with Crippen LogP contribution < -0.4 is 10.1 Å². The van der Waals surface area contributed by atoms with E-state index >= 15 is 0 Å². The predicted molar refractivity (Wildman–Crippen MR) is 91.3 cm³/mol.